The van der Waals surface area contributed by atoms with E-state index in [4.69, 9.17) is 9.47 Å². The van der Waals surface area contributed by atoms with Crippen LogP contribution in [0.2, 0.25) is 0 Å². The highest BCUT2D eigenvalue weighted by Crippen LogP contribution is 2.33. The van der Waals surface area contributed by atoms with Gasteiger partial charge in [-0.05, 0) is 43.3 Å². The average molecular weight is 776 g/mol. The molecule has 3 saturated heterocycles. The molecular formula is C38H43F2N9O7. The highest BCUT2D eigenvalue weighted by molar-refractivity contribution is 6.03. The molecule has 3 fully saturated rings. The lowest BCUT2D eigenvalue weighted by atomic mass is 10.2. The number of anilines is 4. The standard InChI is InChI=1S/C19H20FN5O3.C19H23FN4O4/c1-11-21-6-13-8-24(10-17(13)23-11)18-4-3-14(5-16(18)20)25-9-15(28-19(25)27)7-22-12(2)26;1-12(25)21-7-15-10-24(19(27)28-15)14-4-5-17(16(20)6-14)23-9-13(8-22(2)3)18(26)11-23/h3-6,15H,7-10H2,1-2H3,(H,22,26);4-6,8,15H,7,9-11H2,1-3H3,(H,21,25)/t2*15-/m00/s1. The SMILES string of the molecule is CC(=O)NC[C@H]1CN(c2ccc(N3CC(=O)C(=CN(C)C)C3)c(F)c2)C(=O)O1.CC(=O)NC[C@H]1CN(c2ccc(N3Cc4cnc(C)nc4C3)c(F)c2)C(=O)O1. The van der Waals surface area contributed by atoms with E-state index >= 15 is 0 Å². The Kier molecular flexibility index (Phi) is 11.7. The quantitative estimate of drug-likeness (QED) is 0.305. The normalized spacial score (nSPS) is 19.5. The largest absolute Gasteiger partial charge is 0.442 e. The Labute approximate surface area is 322 Å². The molecule has 2 atom stereocenters. The van der Waals surface area contributed by atoms with Crippen molar-refractivity contribution in [2.75, 3.05) is 73.0 Å². The summed E-state index contributed by atoms with van der Waals surface area (Å²) < 4.78 is 40.0. The van der Waals surface area contributed by atoms with E-state index in [0.717, 1.165) is 11.3 Å². The van der Waals surface area contributed by atoms with Crippen LogP contribution in [0.1, 0.15) is 30.9 Å². The fraction of sp³-hybridized carbons (Fsp3) is 0.395. The number of carbonyl (C=O) groups excluding carboxylic acids is 5. The number of fused-ring (bicyclic) bond motifs is 1. The molecule has 3 aromatic rings. The molecular weight excluding hydrogens is 732 g/mol. The molecule has 7 rings (SSSR count). The Balaban J connectivity index is 0.000000190. The van der Waals surface area contributed by atoms with Crippen molar-refractivity contribution in [2.24, 2.45) is 0 Å². The topological polar surface area (TPSA) is 170 Å². The first kappa shape index (κ1) is 39.4. The maximum Gasteiger partial charge on any atom is 0.414 e. The van der Waals surface area contributed by atoms with Gasteiger partial charge in [0.15, 0.2) is 5.78 Å². The minimum Gasteiger partial charge on any atom is -0.442 e. The number of nitrogens with zero attached hydrogens (tertiary/aromatic N) is 7. The Bertz CT molecular complexity index is 2080. The summed E-state index contributed by atoms with van der Waals surface area (Å²) in [7, 11) is 3.65. The monoisotopic (exact) mass is 775 g/mol. The summed E-state index contributed by atoms with van der Waals surface area (Å²) in [5, 5.41) is 5.21. The highest BCUT2D eigenvalue weighted by atomic mass is 19.1. The number of ketones is 1. The van der Waals surface area contributed by atoms with E-state index in [1.807, 2.05) is 25.9 Å². The zero-order valence-electron chi connectivity index (χ0n) is 31.7. The maximum absolute atomic E-state index is 14.8. The molecule has 18 heteroatoms. The number of ether oxygens (including phenoxy) is 2. The molecule has 1 aromatic heterocycles. The highest BCUT2D eigenvalue weighted by Gasteiger charge is 2.35. The number of rotatable bonds is 9. The Morgan fingerprint density at radius 1 is 0.821 bits per heavy atom. The van der Waals surface area contributed by atoms with Gasteiger partial charge in [-0.25, -0.2) is 28.3 Å². The third-order valence-corrected chi connectivity index (χ3v) is 9.32. The van der Waals surface area contributed by atoms with Gasteiger partial charge in [0.1, 0.15) is 29.7 Å². The zero-order chi connectivity index (χ0) is 40.3. The van der Waals surface area contributed by atoms with Crippen LogP contribution in [0.4, 0.5) is 41.1 Å². The molecule has 0 aliphatic carbocycles. The summed E-state index contributed by atoms with van der Waals surface area (Å²) in [6, 6.07) is 9.13. The van der Waals surface area contributed by atoms with E-state index in [2.05, 4.69) is 20.6 Å². The summed E-state index contributed by atoms with van der Waals surface area (Å²) in [4.78, 5) is 74.9. The number of benzene rings is 2. The number of carbonyl (C=O) groups is 5. The van der Waals surface area contributed by atoms with E-state index in [9.17, 15) is 32.8 Å². The van der Waals surface area contributed by atoms with Crippen LogP contribution < -0.4 is 30.2 Å². The van der Waals surface area contributed by atoms with Gasteiger partial charge in [0.05, 0.1) is 67.7 Å². The van der Waals surface area contributed by atoms with Crippen molar-refractivity contribution >= 4 is 52.5 Å². The maximum atomic E-state index is 14.8. The van der Waals surface area contributed by atoms with E-state index in [1.54, 1.807) is 46.5 Å². The molecule has 56 heavy (non-hydrogen) atoms. The molecule has 2 aromatic carbocycles. The van der Waals surface area contributed by atoms with Gasteiger partial charge in [-0.2, -0.15) is 0 Å². The lowest BCUT2D eigenvalue weighted by Gasteiger charge is -2.20. The second-order valence-electron chi connectivity index (χ2n) is 14.0. The third kappa shape index (κ3) is 9.13. The van der Waals surface area contributed by atoms with Crippen LogP contribution in [0.15, 0.2) is 54.4 Å². The number of nitrogens with one attached hydrogen (secondary N) is 2. The molecule has 16 nitrogen and oxygen atoms in total. The number of hydrogen-bond donors (Lipinski definition) is 2. The van der Waals surface area contributed by atoms with Crippen molar-refractivity contribution < 1.29 is 42.2 Å². The van der Waals surface area contributed by atoms with Crippen LogP contribution in [0, 0.1) is 18.6 Å². The van der Waals surface area contributed by atoms with Gasteiger partial charge in [0.25, 0.3) is 0 Å². The van der Waals surface area contributed by atoms with Crippen molar-refractivity contribution in [3.05, 3.63) is 83.1 Å². The summed E-state index contributed by atoms with van der Waals surface area (Å²) >= 11 is 0. The molecule has 0 unspecified atom stereocenters. The molecule has 0 saturated carbocycles. The van der Waals surface area contributed by atoms with Crippen molar-refractivity contribution in [2.45, 2.75) is 46.1 Å². The summed E-state index contributed by atoms with van der Waals surface area (Å²) in [6.07, 6.45) is 1.42. The van der Waals surface area contributed by atoms with Gasteiger partial charge in [-0.3, -0.25) is 24.2 Å². The average Bonchev–Trinajstić information content (AvgIpc) is 3.91. The van der Waals surface area contributed by atoms with Gasteiger partial charge in [0.2, 0.25) is 11.8 Å². The van der Waals surface area contributed by atoms with E-state index in [-0.39, 0.29) is 50.3 Å². The lowest BCUT2D eigenvalue weighted by Crippen LogP contribution is -2.33. The van der Waals surface area contributed by atoms with Crippen molar-refractivity contribution in [1.82, 2.24) is 25.5 Å². The molecule has 0 bridgehead atoms. The zero-order valence-corrected chi connectivity index (χ0v) is 31.7. The van der Waals surface area contributed by atoms with Crippen molar-refractivity contribution in [1.29, 1.82) is 0 Å². The van der Waals surface area contributed by atoms with Crippen LogP contribution in [0.25, 0.3) is 0 Å². The minimum absolute atomic E-state index is 0.0406. The summed E-state index contributed by atoms with van der Waals surface area (Å²) in [6.45, 7) is 7.00. The molecule has 4 aliphatic heterocycles. The first-order valence-electron chi connectivity index (χ1n) is 17.9. The van der Waals surface area contributed by atoms with Crippen LogP contribution in [0.5, 0.6) is 0 Å². The number of halogens is 2. The van der Waals surface area contributed by atoms with Crippen LogP contribution in [-0.2, 0) is 36.9 Å². The Hall–Kier alpha value is -6.33. The number of hydrogen-bond acceptors (Lipinski definition) is 12. The van der Waals surface area contributed by atoms with Gasteiger partial charge < -0.3 is 34.8 Å². The molecule has 0 radical (unpaired) electrons. The van der Waals surface area contributed by atoms with Crippen molar-refractivity contribution in [3.8, 4) is 0 Å². The number of cyclic esters (lactones) is 2. The number of aromatic nitrogens is 2. The number of Topliss-reactive ketones (excluding diaryl/α,β-unsaturated/α-hetero) is 1. The minimum atomic E-state index is -0.588. The van der Waals surface area contributed by atoms with Gasteiger partial charge in [-0.1, -0.05) is 0 Å². The second kappa shape index (κ2) is 16.6. The van der Waals surface area contributed by atoms with Crippen LogP contribution in [0.3, 0.4) is 0 Å². The lowest BCUT2D eigenvalue weighted by molar-refractivity contribution is -0.120. The fourth-order valence-corrected chi connectivity index (χ4v) is 6.68. The molecule has 4 aliphatic rings. The number of aryl methyl sites for hydroxylation is 1. The smallest absolute Gasteiger partial charge is 0.414 e. The van der Waals surface area contributed by atoms with E-state index in [0.29, 0.717) is 53.8 Å². The van der Waals surface area contributed by atoms with Crippen LogP contribution in [-0.4, -0.2) is 110 Å². The van der Waals surface area contributed by atoms with E-state index in [1.165, 1.54) is 35.8 Å². The molecule has 2 N–H and O–H groups in total. The molecule has 0 spiro atoms. The predicted molar refractivity (Wildman–Crippen MR) is 201 cm³/mol. The predicted octanol–water partition coefficient (Wildman–Crippen LogP) is 3.03. The van der Waals surface area contributed by atoms with Gasteiger partial charge >= 0.3 is 12.2 Å². The van der Waals surface area contributed by atoms with Crippen LogP contribution >= 0.6 is 0 Å². The second-order valence-corrected chi connectivity index (χ2v) is 14.0. The van der Waals surface area contributed by atoms with Crippen molar-refractivity contribution in [3.63, 3.8) is 0 Å². The van der Waals surface area contributed by atoms with Gasteiger partial charge in [0, 0.05) is 64.6 Å². The Morgan fingerprint density at radius 2 is 1.34 bits per heavy atom. The van der Waals surface area contributed by atoms with Gasteiger partial charge in [-0.15, -0.1) is 0 Å². The molecule has 4 amide bonds. The van der Waals surface area contributed by atoms with E-state index < -0.39 is 36.0 Å². The summed E-state index contributed by atoms with van der Waals surface area (Å²) in [5.41, 5.74) is 4.05. The molecule has 5 heterocycles. The first-order chi connectivity index (χ1) is 26.6. The summed E-state index contributed by atoms with van der Waals surface area (Å²) in [5.74, 6) is -0.703. The molecule has 296 valence electrons. The first-order valence-corrected chi connectivity index (χ1v) is 17.9. The third-order valence-electron chi connectivity index (χ3n) is 9.32. The fourth-order valence-electron chi connectivity index (χ4n) is 6.68. The Morgan fingerprint density at radius 3 is 1.82 bits per heavy atom. The number of amides is 4.